The maximum absolute atomic E-state index is 14.1. The van der Waals surface area contributed by atoms with Crippen molar-refractivity contribution in [1.82, 2.24) is 0 Å². The van der Waals surface area contributed by atoms with Gasteiger partial charge < -0.3 is 9.47 Å². The monoisotopic (exact) mass is 332 g/mol. The van der Waals surface area contributed by atoms with Crippen LogP contribution in [0.15, 0.2) is 48.5 Å². The van der Waals surface area contributed by atoms with Crippen molar-refractivity contribution in [2.45, 2.75) is 0 Å². The molecule has 2 nitrogen and oxygen atoms in total. The van der Waals surface area contributed by atoms with Crippen molar-refractivity contribution in [3.8, 4) is 32.4 Å². The first-order valence-corrected chi connectivity index (χ1v) is 7.71. The molecule has 3 aromatic rings. The van der Waals surface area contributed by atoms with E-state index >= 15 is 0 Å². The zero-order chi connectivity index (χ0) is 16.4. The Morgan fingerprint density at radius 2 is 1.13 bits per heavy atom. The van der Waals surface area contributed by atoms with E-state index < -0.39 is 0 Å². The molecule has 0 N–H and O–H groups in total. The van der Waals surface area contributed by atoms with Crippen LogP contribution in [0.4, 0.5) is 8.78 Å². The highest BCUT2D eigenvalue weighted by Crippen LogP contribution is 2.38. The number of hydrogen-bond acceptors (Lipinski definition) is 3. The van der Waals surface area contributed by atoms with E-state index in [0.717, 1.165) is 0 Å². The first-order chi connectivity index (χ1) is 11.1. The zero-order valence-electron chi connectivity index (χ0n) is 12.6. The van der Waals surface area contributed by atoms with Gasteiger partial charge in [0.25, 0.3) is 0 Å². The lowest BCUT2D eigenvalue weighted by molar-refractivity contribution is 0.414. The summed E-state index contributed by atoms with van der Waals surface area (Å²) in [5.41, 5.74) is 0.868. The standard InChI is InChI=1S/C18H14F2O2S/c1-21-11-3-5-15(19)13(9-11)17-7-8-18(23-17)14-10-12(22-2)4-6-16(14)20/h3-10H,1-2H3. The van der Waals surface area contributed by atoms with E-state index in [-0.39, 0.29) is 11.6 Å². The third-order valence-corrected chi connectivity index (χ3v) is 4.64. The number of methoxy groups -OCH3 is 2. The van der Waals surface area contributed by atoms with Gasteiger partial charge in [-0.1, -0.05) is 0 Å². The molecule has 0 saturated heterocycles. The Balaban J connectivity index is 2.04. The SMILES string of the molecule is COc1ccc(F)c(-c2ccc(-c3cc(OC)ccc3F)s2)c1. The summed E-state index contributed by atoms with van der Waals surface area (Å²) in [7, 11) is 3.06. The normalized spacial score (nSPS) is 10.6. The average Bonchev–Trinajstić information content (AvgIpc) is 3.05. The first-order valence-electron chi connectivity index (χ1n) is 6.90. The molecule has 0 atom stereocenters. The van der Waals surface area contributed by atoms with Crippen molar-refractivity contribution < 1.29 is 18.3 Å². The summed E-state index contributed by atoms with van der Waals surface area (Å²) in [5.74, 6) is 0.462. The van der Waals surface area contributed by atoms with E-state index in [1.807, 2.05) is 0 Å². The van der Waals surface area contributed by atoms with Crippen molar-refractivity contribution in [3.63, 3.8) is 0 Å². The lowest BCUT2D eigenvalue weighted by Gasteiger charge is -2.05. The molecule has 118 valence electrons. The van der Waals surface area contributed by atoms with Crippen molar-refractivity contribution >= 4 is 11.3 Å². The van der Waals surface area contributed by atoms with E-state index in [4.69, 9.17) is 9.47 Å². The molecule has 0 spiro atoms. The minimum atomic E-state index is -0.342. The summed E-state index contributed by atoms with van der Waals surface area (Å²) in [4.78, 5) is 1.41. The van der Waals surface area contributed by atoms with Gasteiger partial charge in [0.1, 0.15) is 23.1 Å². The second-order valence-corrected chi connectivity index (χ2v) is 5.94. The van der Waals surface area contributed by atoms with Crippen LogP contribution in [-0.2, 0) is 0 Å². The maximum atomic E-state index is 14.1. The fraction of sp³-hybridized carbons (Fsp3) is 0.111. The predicted octanol–water partition coefficient (Wildman–Crippen LogP) is 5.38. The summed E-state index contributed by atoms with van der Waals surface area (Å²) in [6.07, 6.45) is 0. The Kier molecular flexibility index (Phi) is 4.30. The topological polar surface area (TPSA) is 18.5 Å². The van der Waals surface area contributed by atoms with E-state index in [1.165, 1.54) is 37.7 Å². The Morgan fingerprint density at radius 3 is 1.52 bits per heavy atom. The van der Waals surface area contributed by atoms with Crippen LogP contribution in [0, 0.1) is 11.6 Å². The van der Waals surface area contributed by atoms with Crippen LogP contribution in [-0.4, -0.2) is 14.2 Å². The van der Waals surface area contributed by atoms with Gasteiger partial charge in [-0.15, -0.1) is 11.3 Å². The molecule has 2 aromatic carbocycles. The molecule has 0 radical (unpaired) electrons. The van der Waals surface area contributed by atoms with Gasteiger partial charge in [-0.2, -0.15) is 0 Å². The molecule has 0 saturated carbocycles. The molecule has 0 unspecified atom stereocenters. The number of ether oxygens (including phenoxy) is 2. The Hall–Kier alpha value is -2.40. The van der Waals surface area contributed by atoms with Gasteiger partial charge in [0.2, 0.25) is 0 Å². The van der Waals surface area contributed by atoms with Gasteiger partial charge in [0.15, 0.2) is 0 Å². The van der Waals surface area contributed by atoms with Gasteiger partial charge in [-0.25, -0.2) is 8.78 Å². The summed E-state index contributed by atoms with van der Waals surface area (Å²) in [6, 6.07) is 12.7. The Bertz CT molecular complexity index is 775. The predicted molar refractivity (Wildman–Crippen MR) is 88.2 cm³/mol. The molecule has 1 heterocycles. The molecule has 23 heavy (non-hydrogen) atoms. The van der Waals surface area contributed by atoms with E-state index in [9.17, 15) is 8.78 Å². The van der Waals surface area contributed by atoms with Crippen LogP contribution < -0.4 is 9.47 Å². The number of benzene rings is 2. The number of hydrogen-bond donors (Lipinski definition) is 0. The fourth-order valence-corrected chi connectivity index (χ4v) is 3.31. The van der Waals surface area contributed by atoms with Crippen LogP contribution in [0.25, 0.3) is 20.9 Å². The summed E-state index contributed by atoms with van der Waals surface area (Å²) in [5, 5.41) is 0. The molecule has 0 aliphatic rings. The van der Waals surface area contributed by atoms with Gasteiger partial charge in [0, 0.05) is 20.9 Å². The molecular formula is C18H14F2O2S. The molecule has 3 rings (SSSR count). The van der Waals surface area contributed by atoms with Crippen molar-refractivity contribution in [3.05, 3.63) is 60.2 Å². The summed E-state index contributed by atoms with van der Waals surface area (Å²) >= 11 is 1.31. The molecular weight excluding hydrogens is 318 g/mol. The smallest absolute Gasteiger partial charge is 0.132 e. The van der Waals surface area contributed by atoms with Gasteiger partial charge in [-0.05, 0) is 48.5 Å². The minimum Gasteiger partial charge on any atom is -0.497 e. The quantitative estimate of drug-likeness (QED) is 0.639. The van der Waals surface area contributed by atoms with Crippen LogP contribution in [0.3, 0.4) is 0 Å². The van der Waals surface area contributed by atoms with Crippen LogP contribution in [0.2, 0.25) is 0 Å². The molecule has 1 aromatic heterocycles. The third-order valence-electron chi connectivity index (χ3n) is 3.48. The second kappa shape index (κ2) is 6.38. The van der Waals surface area contributed by atoms with Crippen molar-refractivity contribution in [1.29, 1.82) is 0 Å². The number of thiophene rings is 1. The Morgan fingerprint density at radius 1 is 0.696 bits per heavy atom. The van der Waals surface area contributed by atoms with Crippen LogP contribution >= 0.6 is 11.3 Å². The third kappa shape index (κ3) is 3.05. The van der Waals surface area contributed by atoms with Crippen molar-refractivity contribution in [2.24, 2.45) is 0 Å². The fourth-order valence-electron chi connectivity index (χ4n) is 2.27. The highest BCUT2D eigenvalue weighted by Gasteiger charge is 2.13. The van der Waals surface area contributed by atoms with E-state index in [1.54, 1.807) is 36.4 Å². The molecule has 5 heteroatoms. The largest absolute Gasteiger partial charge is 0.497 e. The average molecular weight is 332 g/mol. The second-order valence-electron chi connectivity index (χ2n) is 4.86. The summed E-state index contributed by atoms with van der Waals surface area (Å²) < 4.78 is 38.4. The highest BCUT2D eigenvalue weighted by atomic mass is 32.1. The molecule has 0 amide bonds. The first kappa shape index (κ1) is 15.5. The highest BCUT2D eigenvalue weighted by molar-refractivity contribution is 7.18. The molecule has 0 aliphatic heterocycles. The minimum absolute atomic E-state index is 0.342. The van der Waals surface area contributed by atoms with Gasteiger partial charge >= 0.3 is 0 Å². The van der Waals surface area contributed by atoms with Crippen molar-refractivity contribution in [2.75, 3.05) is 14.2 Å². The number of halogens is 2. The maximum Gasteiger partial charge on any atom is 0.132 e. The lowest BCUT2D eigenvalue weighted by atomic mass is 10.1. The Labute approximate surface area is 136 Å². The van der Waals surface area contributed by atoms with Gasteiger partial charge in [-0.3, -0.25) is 0 Å². The van der Waals surface area contributed by atoms with Crippen LogP contribution in [0.5, 0.6) is 11.5 Å². The van der Waals surface area contributed by atoms with E-state index in [0.29, 0.717) is 32.4 Å². The number of rotatable bonds is 4. The molecule has 0 bridgehead atoms. The van der Waals surface area contributed by atoms with E-state index in [2.05, 4.69) is 0 Å². The lowest BCUT2D eigenvalue weighted by Crippen LogP contribution is -1.86. The summed E-state index contributed by atoms with van der Waals surface area (Å²) in [6.45, 7) is 0. The molecule has 0 fully saturated rings. The van der Waals surface area contributed by atoms with Gasteiger partial charge in [0.05, 0.1) is 14.2 Å². The van der Waals surface area contributed by atoms with Crippen LogP contribution in [0.1, 0.15) is 0 Å². The molecule has 0 aliphatic carbocycles. The zero-order valence-corrected chi connectivity index (χ0v) is 13.4.